The molecule has 2 aromatic carbocycles. The van der Waals surface area contributed by atoms with Crippen molar-refractivity contribution < 1.29 is 39.1 Å². The molecular formula is C28H21NO8. The van der Waals surface area contributed by atoms with E-state index in [9.17, 15) is 24.9 Å². The maximum absolute atomic E-state index is 14.1. The van der Waals surface area contributed by atoms with E-state index in [2.05, 4.69) is 29.0 Å². The van der Waals surface area contributed by atoms with Crippen LogP contribution in [0.3, 0.4) is 0 Å². The number of ether oxygens (including phenoxy) is 3. The highest BCUT2D eigenvalue weighted by Gasteiger charge is 2.82. The molecular weight excluding hydrogens is 478 g/mol. The van der Waals surface area contributed by atoms with E-state index in [0.29, 0.717) is 0 Å². The Labute approximate surface area is 211 Å². The van der Waals surface area contributed by atoms with Crippen molar-refractivity contribution in [2.45, 2.75) is 36.4 Å². The fourth-order valence-corrected chi connectivity index (χ4v) is 5.84. The number of allylic oxidation sites excluding steroid dienone is 2. The van der Waals surface area contributed by atoms with Gasteiger partial charge in [-0.3, -0.25) is 9.59 Å². The zero-order chi connectivity index (χ0) is 26.3. The summed E-state index contributed by atoms with van der Waals surface area (Å²) < 4.78 is 16.9. The molecule has 4 aliphatic rings. The Bertz CT molecular complexity index is 1580. The lowest BCUT2D eigenvalue weighted by Crippen LogP contribution is -2.54. The number of phenols is 1. The van der Waals surface area contributed by atoms with Crippen molar-refractivity contribution in [2.75, 3.05) is 19.5 Å². The molecule has 186 valence electrons. The number of carbonyl (C=O) groups is 2. The Morgan fingerprint density at radius 3 is 2.46 bits per heavy atom. The van der Waals surface area contributed by atoms with Crippen molar-refractivity contribution in [1.82, 2.24) is 0 Å². The van der Waals surface area contributed by atoms with Crippen molar-refractivity contribution in [2.24, 2.45) is 0 Å². The van der Waals surface area contributed by atoms with E-state index >= 15 is 0 Å². The van der Waals surface area contributed by atoms with Crippen LogP contribution in [0, 0.1) is 23.7 Å². The van der Waals surface area contributed by atoms with Crippen LogP contribution in [0.5, 0.6) is 17.2 Å². The van der Waals surface area contributed by atoms with E-state index in [4.69, 9.17) is 14.2 Å². The fraction of sp³-hybridized carbons (Fsp3) is 0.286. The Balaban J connectivity index is 1.68. The standard InChI is InChI=1S/C28H21NO8/c1-13(30)27-18-8-6-4-5-7-9-19(32)28(27,37-27)15-12-16(31)21-22(23(15)29-18)25(34)20-14(24(21)33)10-11-17(35-2)26(20)36-3/h4-5,10-13,18-19,29-32H,1-3H3/b5-4-/t13-,18+,19-,27+,28+/m1/s1. The molecule has 9 nitrogen and oxygen atoms in total. The number of fused-ring (bicyclic) bond motifs is 4. The second-order valence-electron chi connectivity index (χ2n) is 9.15. The summed E-state index contributed by atoms with van der Waals surface area (Å²) in [6.07, 6.45) is 0.387. The molecule has 0 radical (unpaired) electrons. The molecule has 6 rings (SSSR count). The number of hydrogen-bond acceptors (Lipinski definition) is 9. The van der Waals surface area contributed by atoms with Crippen LogP contribution in [0.4, 0.5) is 5.69 Å². The van der Waals surface area contributed by atoms with E-state index in [1.54, 1.807) is 0 Å². The lowest BCUT2D eigenvalue weighted by molar-refractivity contribution is 0.0867. The van der Waals surface area contributed by atoms with E-state index in [1.807, 2.05) is 0 Å². The monoisotopic (exact) mass is 499 g/mol. The minimum Gasteiger partial charge on any atom is -0.507 e. The number of carbonyl (C=O) groups excluding carboxylic acids is 2. The van der Waals surface area contributed by atoms with Crippen LogP contribution in [0.15, 0.2) is 30.4 Å². The van der Waals surface area contributed by atoms with Gasteiger partial charge in [0.15, 0.2) is 34.6 Å². The molecule has 9 heteroatoms. The molecule has 2 bridgehead atoms. The Morgan fingerprint density at radius 2 is 1.78 bits per heavy atom. The highest BCUT2D eigenvalue weighted by Crippen LogP contribution is 2.67. The Kier molecular flexibility index (Phi) is 4.76. The van der Waals surface area contributed by atoms with Crippen LogP contribution in [0.25, 0.3) is 0 Å². The summed E-state index contributed by atoms with van der Waals surface area (Å²) in [6.45, 7) is 1.51. The first-order valence-electron chi connectivity index (χ1n) is 11.5. The van der Waals surface area contributed by atoms with Gasteiger partial charge in [0.05, 0.1) is 42.7 Å². The van der Waals surface area contributed by atoms with Crippen LogP contribution in [0.2, 0.25) is 0 Å². The molecule has 0 spiro atoms. The molecule has 0 amide bonds. The van der Waals surface area contributed by atoms with Crippen LogP contribution in [0.1, 0.15) is 44.3 Å². The average Bonchev–Trinajstić information content (AvgIpc) is 3.61. The molecule has 0 unspecified atom stereocenters. The molecule has 37 heavy (non-hydrogen) atoms. The number of epoxide rings is 1. The minimum atomic E-state index is -1.63. The van der Waals surface area contributed by atoms with Gasteiger partial charge in [0.1, 0.15) is 11.8 Å². The second kappa shape index (κ2) is 7.61. The number of nitrogens with one attached hydrogen (secondary N) is 1. The first-order valence-corrected chi connectivity index (χ1v) is 11.5. The third-order valence-electron chi connectivity index (χ3n) is 7.47. The number of aromatic hydroxyl groups is 1. The van der Waals surface area contributed by atoms with Crippen LogP contribution < -0.4 is 14.8 Å². The molecule has 1 saturated heterocycles. The Morgan fingerprint density at radius 1 is 1.05 bits per heavy atom. The number of benzene rings is 2. The summed E-state index contributed by atoms with van der Waals surface area (Å²) in [7, 11) is 2.77. The summed E-state index contributed by atoms with van der Waals surface area (Å²) in [4.78, 5) is 27.7. The van der Waals surface area contributed by atoms with Gasteiger partial charge in [0, 0.05) is 11.1 Å². The van der Waals surface area contributed by atoms with Gasteiger partial charge >= 0.3 is 0 Å². The van der Waals surface area contributed by atoms with Gasteiger partial charge in [0.2, 0.25) is 5.78 Å². The number of phenolic OH excluding ortho intramolecular Hbond substituents is 1. The van der Waals surface area contributed by atoms with E-state index < -0.39 is 46.8 Å². The average molecular weight is 499 g/mol. The number of rotatable bonds is 3. The predicted octanol–water partition coefficient (Wildman–Crippen LogP) is 1.26. The molecule has 5 atom stereocenters. The van der Waals surface area contributed by atoms with E-state index in [-0.39, 0.29) is 45.0 Å². The molecule has 4 N–H and O–H groups in total. The SMILES string of the molecule is COc1ccc2c(c1OC)C(=O)c1c3c(cc(O)c1C2=O)[C@@]12O[C@@]1([C@@H](C)O)[C@H](C#C/C=C\C#C[C@H]2O)N3. The molecule has 2 aromatic rings. The quantitative estimate of drug-likeness (QED) is 0.238. The van der Waals surface area contributed by atoms with Gasteiger partial charge in [-0.15, -0.1) is 0 Å². The summed E-state index contributed by atoms with van der Waals surface area (Å²) in [5, 5.41) is 36.3. The van der Waals surface area contributed by atoms with Crippen LogP contribution in [-0.2, 0) is 10.3 Å². The van der Waals surface area contributed by atoms with Crippen LogP contribution in [-0.4, -0.2) is 65.0 Å². The molecule has 1 fully saturated rings. The van der Waals surface area contributed by atoms with Crippen molar-refractivity contribution in [1.29, 1.82) is 0 Å². The largest absolute Gasteiger partial charge is 0.507 e. The lowest BCUT2D eigenvalue weighted by atomic mass is 9.69. The first-order chi connectivity index (χ1) is 17.7. The smallest absolute Gasteiger partial charge is 0.200 e. The number of ketones is 2. The topological polar surface area (TPSA) is 138 Å². The number of aliphatic hydroxyl groups excluding tert-OH is 2. The second-order valence-corrected chi connectivity index (χ2v) is 9.15. The summed E-state index contributed by atoms with van der Waals surface area (Å²) in [6, 6.07) is 3.34. The third-order valence-corrected chi connectivity index (χ3v) is 7.47. The van der Waals surface area contributed by atoms with Crippen molar-refractivity contribution in [3.63, 3.8) is 0 Å². The summed E-state index contributed by atoms with van der Waals surface area (Å²) >= 11 is 0. The van der Waals surface area contributed by atoms with Crippen molar-refractivity contribution in [3.05, 3.63) is 58.2 Å². The van der Waals surface area contributed by atoms with Crippen molar-refractivity contribution >= 4 is 17.3 Å². The van der Waals surface area contributed by atoms with Gasteiger partial charge in [-0.25, -0.2) is 0 Å². The molecule has 0 aromatic heterocycles. The maximum atomic E-state index is 14.1. The van der Waals surface area contributed by atoms with E-state index in [1.165, 1.54) is 51.5 Å². The van der Waals surface area contributed by atoms with Crippen LogP contribution >= 0.6 is 0 Å². The van der Waals surface area contributed by atoms with Gasteiger partial charge < -0.3 is 34.8 Å². The molecule has 2 heterocycles. The third kappa shape index (κ3) is 2.66. The highest BCUT2D eigenvalue weighted by molar-refractivity contribution is 6.32. The first kappa shape index (κ1) is 23.1. The summed E-state index contributed by atoms with van der Waals surface area (Å²) in [5.74, 6) is 9.90. The number of aliphatic hydroxyl groups is 2. The normalized spacial score (nSPS) is 29.3. The maximum Gasteiger partial charge on any atom is 0.200 e. The van der Waals surface area contributed by atoms with Crippen molar-refractivity contribution in [3.8, 4) is 40.9 Å². The van der Waals surface area contributed by atoms with Gasteiger partial charge in [0.25, 0.3) is 0 Å². The van der Waals surface area contributed by atoms with Gasteiger partial charge in [-0.2, -0.15) is 0 Å². The van der Waals surface area contributed by atoms with E-state index in [0.717, 1.165) is 0 Å². The highest BCUT2D eigenvalue weighted by atomic mass is 16.7. The molecule has 0 saturated carbocycles. The number of methoxy groups -OCH3 is 2. The predicted molar refractivity (Wildman–Crippen MR) is 130 cm³/mol. The number of anilines is 1. The zero-order valence-electron chi connectivity index (χ0n) is 20.0. The fourth-order valence-electron chi connectivity index (χ4n) is 5.84. The number of hydrogen-bond donors (Lipinski definition) is 4. The zero-order valence-corrected chi connectivity index (χ0v) is 20.0. The van der Waals surface area contributed by atoms with Gasteiger partial charge in [-0.1, -0.05) is 23.7 Å². The Hall–Kier alpha value is -4.28. The lowest BCUT2D eigenvalue weighted by Gasteiger charge is -2.37. The minimum absolute atomic E-state index is 0.0147. The van der Waals surface area contributed by atoms with Gasteiger partial charge in [-0.05, 0) is 37.3 Å². The molecule has 2 aliphatic carbocycles. The molecule has 2 aliphatic heterocycles. The summed E-state index contributed by atoms with van der Waals surface area (Å²) in [5.41, 5.74) is -3.01.